The van der Waals surface area contributed by atoms with Crippen molar-refractivity contribution in [3.05, 3.63) is 29.6 Å². The van der Waals surface area contributed by atoms with E-state index in [0.29, 0.717) is 18.3 Å². The molecule has 1 saturated carbocycles. The molecule has 21 heavy (non-hydrogen) atoms. The molecule has 0 radical (unpaired) electrons. The van der Waals surface area contributed by atoms with Gasteiger partial charge in [0.25, 0.3) is 0 Å². The highest BCUT2D eigenvalue weighted by Crippen LogP contribution is 2.30. The molecule has 1 aliphatic carbocycles. The van der Waals surface area contributed by atoms with Gasteiger partial charge in [-0.25, -0.2) is 4.39 Å². The van der Waals surface area contributed by atoms with Gasteiger partial charge in [0.1, 0.15) is 0 Å². The number of unbranched alkanes of at least 4 members (excludes halogenated alkanes) is 1. The fourth-order valence-corrected chi connectivity index (χ4v) is 2.06. The fraction of sp³-hybridized carbons (Fsp3) is 0.625. The zero-order valence-electron chi connectivity index (χ0n) is 12.7. The molecule has 118 valence electrons. The topological polar surface area (TPSA) is 59.3 Å². The molecule has 0 spiro atoms. The minimum Gasteiger partial charge on any atom is -0.490 e. The maximum Gasteiger partial charge on any atom is 0.165 e. The first-order valence-corrected chi connectivity index (χ1v) is 7.81. The van der Waals surface area contributed by atoms with E-state index in [4.69, 9.17) is 10.5 Å². The van der Waals surface area contributed by atoms with Crippen LogP contribution < -0.4 is 21.3 Å². The molecular formula is C16H26FN3O. The molecule has 5 heteroatoms. The number of nitrogens with two attached hydrogens (primary N) is 1. The lowest BCUT2D eigenvalue weighted by atomic mass is 10.1. The summed E-state index contributed by atoms with van der Waals surface area (Å²) in [4.78, 5) is 0. The van der Waals surface area contributed by atoms with E-state index in [-0.39, 0.29) is 11.9 Å². The van der Waals surface area contributed by atoms with Crippen LogP contribution in [0.2, 0.25) is 0 Å². The number of hydrogen-bond donors (Lipinski definition) is 3. The summed E-state index contributed by atoms with van der Waals surface area (Å²) in [6, 6.07) is 5.14. The van der Waals surface area contributed by atoms with Gasteiger partial charge in [-0.3, -0.25) is 10.9 Å². The zero-order chi connectivity index (χ0) is 15.1. The molecule has 1 aliphatic rings. The van der Waals surface area contributed by atoms with Crippen LogP contribution in [-0.4, -0.2) is 19.7 Å². The van der Waals surface area contributed by atoms with Gasteiger partial charge in [-0.2, -0.15) is 0 Å². The van der Waals surface area contributed by atoms with Crippen molar-refractivity contribution in [1.82, 2.24) is 10.9 Å². The Kier molecular flexibility index (Phi) is 6.42. The lowest BCUT2D eigenvalue weighted by molar-refractivity contribution is 0.284. The molecule has 1 aromatic carbocycles. The highest BCUT2D eigenvalue weighted by Gasteiger charge is 2.22. The van der Waals surface area contributed by atoms with Gasteiger partial charge in [0.2, 0.25) is 0 Å². The largest absolute Gasteiger partial charge is 0.490 e. The molecule has 0 heterocycles. The number of halogens is 1. The van der Waals surface area contributed by atoms with Gasteiger partial charge >= 0.3 is 0 Å². The average molecular weight is 295 g/mol. The third kappa shape index (κ3) is 5.61. The summed E-state index contributed by atoms with van der Waals surface area (Å²) >= 11 is 0. The van der Waals surface area contributed by atoms with Gasteiger partial charge in [-0.15, -0.1) is 0 Å². The molecule has 1 fully saturated rings. The zero-order valence-corrected chi connectivity index (χ0v) is 12.7. The molecule has 4 N–H and O–H groups in total. The Morgan fingerprint density at radius 1 is 1.38 bits per heavy atom. The highest BCUT2D eigenvalue weighted by atomic mass is 19.1. The van der Waals surface area contributed by atoms with E-state index in [1.807, 2.05) is 6.92 Å². The minimum absolute atomic E-state index is 0.0896. The summed E-state index contributed by atoms with van der Waals surface area (Å²) in [6.45, 7) is 4.25. The van der Waals surface area contributed by atoms with Crippen LogP contribution >= 0.6 is 0 Å². The van der Waals surface area contributed by atoms with Crippen molar-refractivity contribution in [2.45, 2.75) is 38.6 Å². The first kappa shape index (κ1) is 16.2. The third-order valence-corrected chi connectivity index (χ3v) is 3.70. The molecule has 0 bridgehead atoms. The number of rotatable bonds is 10. The molecule has 1 unspecified atom stereocenters. The molecule has 0 saturated heterocycles. The first-order valence-electron chi connectivity index (χ1n) is 7.81. The monoisotopic (exact) mass is 295 g/mol. The van der Waals surface area contributed by atoms with Gasteiger partial charge in [0.05, 0.1) is 6.61 Å². The Balaban J connectivity index is 1.81. The van der Waals surface area contributed by atoms with Crippen molar-refractivity contribution in [1.29, 1.82) is 0 Å². The highest BCUT2D eigenvalue weighted by molar-refractivity contribution is 5.32. The Morgan fingerprint density at radius 3 is 2.90 bits per heavy atom. The predicted molar refractivity (Wildman–Crippen MR) is 82.5 cm³/mol. The number of hydrogen-bond acceptors (Lipinski definition) is 4. The molecule has 0 aromatic heterocycles. The second kappa shape index (κ2) is 8.32. The van der Waals surface area contributed by atoms with Crippen LogP contribution in [0.4, 0.5) is 4.39 Å². The fourth-order valence-electron chi connectivity index (χ4n) is 2.06. The van der Waals surface area contributed by atoms with Crippen LogP contribution in [0.25, 0.3) is 0 Å². The van der Waals surface area contributed by atoms with Gasteiger partial charge in [0, 0.05) is 12.6 Å². The SMILES string of the molecule is CC(NNCCCCN)c1ccc(F)c(OCC2CC2)c1. The van der Waals surface area contributed by atoms with E-state index in [9.17, 15) is 4.39 Å². The molecule has 1 atom stereocenters. The van der Waals surface area contributed by atoms with Crippen LogP contribution in [0.5, 0.6) is 5.75 Å². The second-order valence-corrected chi connectivity index (χ2v) is 5.73. The van der Waals surface area contributed by atoms with E-state index in [1.165, 1.54) is 18.9 Å². The lowest BCUT2D eigenvalue weighted by Gasteiger charge is -2.16. The summed E-state index contributed by atoms with van der Waals surface area (Å²) in [6.07, 6.45) is 4.45. The molecule has 4 nitrogen and oxygen atoms in total. The van der Waals surface area contributed by atoms with E-state index in [1.54, 1.807) is 12.1 Å². The summed E-state index contributed by atoms with van der Waals surface area (Å²) in [5, 5.41) is 0. The Labute approximate surface area is 126 Å². The average Bonchev–Trinajstić information content (AvgIpc) is 3.30. The minimum atomic E-state index is -0.289. The van der Waals surface area contributed by atoms with Gasteiger partial charge in [0.15, 0.2) is 11.6 Å². The van der Waals surface area contributed by atoms with E-state index in [0.717, 1.165) is 31.5 Å². The summed E-state index contributed by atoms with van der Waals surface area (Å²) in [7, 11) is 0. The van der Waals surface area contributed by atoms with Crippen LogP contribution in [-0.2, 0) is 0 Å². The number of hydrazine groups is 1. The number of benzene rings is 1. The maximum atomic E-state index is 13.7. The van der Waals surface area contributed by atoms with Crippen LogP contribution in [0.15, 0.2) is 18.2 Å². The summed E-state index contributed by atoms with van der Waals surface area (Å²) < 4.78 is 19.3. The molecule has 0 aliphatic heterocycles. The van der Waals surface area contributed by atoms with Gasteiger partial charge in [-0.1, -0.05) is 6.07 Å². The van der Waals surface area contributed by atoms with Crippen molar-refractivity contribution in [2.24, 2.45) is 11.7 Å². The van der Waals surface area contributed by atoms with E-state index >= 15 is 0 Å². The van der Waals surface area contributed by atoms with Crippen molar-refractivity contribution in [3.8, 4) is 5.75 Å². The number of nitrogens with one attached hydrogen (secondary N) is 2. The second-order valence-electron chi connectivity index (χ2n) is 5.73. The van der Waals surface area contributed by atoms with Gasteiger partial charge in [-0.05, 0) is 62.8 Å². The summed E-state index contributed by atoms with van der Waals surface area (Å²) in [5.74, 6) is 0.687. The van der Waals surface area contributed by atoms with Gasteiger partial charge < -0.3 is 10.5 Å². The molecule has 2 rings (SSSR count). The van der Waals surface area contributed by atoms with Crippen molar-refractivity contribution in [2.75, 3.05) is 19.7 Å². The first-order chi connectivity index (χ1) is 10.2. The Hall–Kier alpha value is -1.17. The van der Waals surface area contributed by atoms with Crippen molar-refractivity contribution >= 4 is 0 Å². The van der Waals surface area contributed by atoms with Crippen molar-refractivity contribution in [3.63, 3.8) is 0 Å². The van der Waals surface area contributed by atoms with E-state index in [2.05, 4.69) is 10.9 Å². The molecular weight excluding hydrogens is 269 g/mol. The molecule has 1 aromatic rings. The van der Waals surface area contributed by atoms with E-state index < -0.39 is 0 Å². The third-order valence-electron chi connectivity index (χ3n) is 3.70. The van der Waals surface area contributed by atoms with Crippen LogP contribution in [0.1, 0.15) is 44.2 Å². The quantitative estimate of drug-likeness (QED) is 0.458. The Bertz CT molecular complexity index is 438. The number of ether oxygens (including phenoxy) is 1. The van der Waals surface area contributed by atoms with Crippen LogP contribution in [0.3, 0.4) is 0 Å². The lowest BCUT2D eigenvalue weighted by Crippen LogP contribution is -2.35. The normalized spacial score (nSPS) is 16.0. The predicted octanol–water partition coefficient (Wildman–Crippen LogP) is 2.51. The van der Waals surface area contributed by atoms with Crippen LogP contribution in [0, 0.1) is 11.7 Å². The Morgan fingerprint density at radius 2 is 2.19 bits per heavy atom. The summed E-state index contributed by atoms with van der Waals surface area (Å²) in [5.41, 5.74) is 12.8. The maximum absolute atomic E-state index is 13.7. The smallest absolute Gasteiger partial charge is 0.165 e. The standard InChI is InChI=1S/C16H26FN3O/c1-12(20-19-9-3-2-8-18)14-6-7-15(17)16(10-14)21-11-13-4-5-13/h6-7,10,12-13,19-20H,2-5,8-9,11,18H2,1H3. The molecule has 0 amide bonds. The van der Waals surface area contributed by atoms with Crippen molar-refractivity contribution < 1.29 is 9.13 Å².